The minimum atomic E-state index is -5.24. The molecule has 0 radical (unpaired) electrons. The average molecular weight is 568 g/mol. The lowest BCUT2D eigenvalue weighted by Crippen LogP contribution is -2.45. The number of aromatic nitrogens is 5. The third-order valence-corrected chi connectivity index (χ3v) is 8.49. The van der Waals surface area contributed by atoms with E-state index >= 15 is 0 Å². The highest BCUT2D eigenvalue weighted by atomic mass is 31.3. The second-order valence-electron chi connectivity index (χ2n) is 8.37. The maximum absolute atomic E-state index is 12.2. The maximum Gasteiger partial charge on any atom is 0.481 e. The van der Waals surface area contributed by atoms with Gasteiger partial charge in [-0.2, -0.15) is 4.31 Å². The number of nitrogens with zero attached hydrogens (tertiary/aromatic N) is 4. The number of H-pyrrole nitrogens is 1. The Morgan fingerprint density at radius 2 is 1.76 bits per heavy atom. The van der Waals surface area contributed by atoms with Gasteiger partial charge in [0.25, 0.3) is 0 Å². The Bertz CT molecular complexity index is 1370. The molecule has 2 aliphatic heterocycles. The van der Waals surface area contributed by atoms with Gasteiger partial charge in [0, 0.05) is 12.4 Å². The molecule has 9 atom stereocenters. The fourth-order valence-corrected chi connectivity index (χ4v) is 6.11. The Labute approximate surface area is 206 Å². The largest absolute Gasteiger partial charge is 0.481 e. The fraction of sp³-hybridized carbons (Fsp3) is 0.588. The summed E-state index contributed by atoms with van der Waals surface area (Å²) in [5.74, 6) is 0. The van der Waals surface area contributed by atoms with Gasteiger partial charge < -0.3 is 39.7 Å². The van der Waals surface area contributed by atoms with E-state index in [-0.39, 0.29) is 6.61 Å². The molecule has 0 amide bonds. The number of phosphoric ester groups is 2. The van der Waals surface area contributed by atoms with Crippen LogP contribution in [0.3, 0.4) is 0 Å². The van der Waals surface area contributed by atoms with Crippen LogP contribution in [-0.4, -0.2) is 106 Å². The molecule has 20 heteroatoms. The van der Waals surface area contributed by atoms with Crippen LogP contribution < -0.4 is 4.57 Å². The zero-order chi connectivity index (χ0) is 26.5. The lowest BCUT2D eigenvalue weighted by Gasteiger charge is -2.20. The number of imidazole rings is 2. The van der Waals surface area contributed by atoms with Crippen molar-refractivity contribution in [2.45, 2.75) is 42.9 Å². The molecule has 2 aliphatic rings. The topological polar surface area (TPSA) is 252 Å². The van der Waals surface area contributed by atoms with Crippen LogP contribution in [-0.2, 0) is 32.0 Å². The van der Waals surface area contributed by atoms with Crippen molar-refractivity contribution in [2.75, 3.05) is 19.8 Å². The van der Waals surface area contributed by atoms with E-state index in [1.807, 2.05) is 0 Å². The Morgan fingerprint density at radius 3 is 2.43 bits per heavy atom. The molecular formula is C17H24N5O13P2+. The Balaban J connectivity index is 1.20. The molecule has 3 aromatic rings. The summed E-state index contributed by atoms with van der Waals surface area (Å²) in [6.45, 7) is -1.78. The first-order chi connectivity index (χ1) is 17.5. The summed E-state index contributed by atoms with van der Waals surface area (Å²) in [6.07, 6.45) is -3.20. The summed E-state index contributed by atoms with van der Waals surface area (Å²) in [6, 6.07) is 0. The third-order valence-electron chi connectivity index (χ3n) is 5.89. The van der Waals surface area contributed by atoms with Crippen molar-refractivity contribution in [3.63, 3.8) is 0 Å². The standard InChI is InChI=1S/C17H23N5O13P2/c23-8-3-31-9(12(8)24)4-32-36(27,28)35-37(29,30)33-5-10-13(25)14(26)17(34-10)22-7-19-11-15-18-1-2-21(15)6-20-16(11)22/h1-2,6-10,12-14,17,23-26H,3-5H2,(H2,27,28,29,30)/p+1/t8-,9+,10+,12-,13+,14+,17+/m0/s1. The number of rotatable bonds is 9. The van der Waals surface area contributed by atoms with E-state index in [0.717, 1.165) is 0 Å². The molecule has 5 rings (SSSR count). The second-order valence-corrected chi connectivity index (χ2v) is 11.4. The molecule has 3 aromatic heterocycles. The van der Waals surface area contributed by atoms with Gasteiger partial charge >= 0.3 is 21.3 Å². The second kappa shape index (κ2) is 10.0. The van der Waals surface area contributed by atoms with E-state index in [1.165, 1.54) is 17.2 Å². The molecule has 37 heavy (non-hydrogen) atoms. The highest BCUT2D eigenvalue weighted by molar-refractivity contribution is 7.61. The fourth-order valence-electron chi connectivity index (χ4n) is 4.02. The van der Waals surface area contributed by atoms with Gasteiger partial charge in [0.2, 0.25) is 11.7 Å². The Kier molecular flexibility index (Phi) is 7.23. The van der Waals surface area contributed by atoms with Crippen LogP contribution in [0, 0.1) is 0 Å². The first kappa shape index (κ1) is 26.7. The van der Waals surface area contributed by atoms with Crippen molar-refractivity contribution in [2.24, 2.45) is 0 Å². The van der Waals surface area contributed by atoms with E-state index in [2.05, 4.69) is 23.8 Å². The van der Waals surface area contributed by atoms with E-state index in [1.54, 1.807) is 16.8 Å². The molecule has 7 N–H and O–H groups in total. The molecule has 5 heterocycles. The first-order valence-electron chi connectivity index (χ1n) is 10.8. The predicted molar refractivity (Wildman–Crippen MR) is 115 cm³/mol. The lowest BCUT2D eigenvalue weighted by molar-refractivity contribution is -0.745. The summed E-state index contributed by atoms with van der Waals surface area (Å²) in [5.41, 5.74) is 1.42. The zero-order valence-electron chi connectivity index (χ0n) is 18.7. The number of fused-ring (bicyclic) bond motifs is 3. The van der Waals surface area contributed by atoms with E-state index in [9.17, 15) is 39.3 Å². The van der Waals surface area contributed by atoms with Crippen molar-refractivity contribution in [1.82, 2.24) is 19.4 Å². The number of nitrogens with one attached hydrogen (secondary N) is 1. The van der Waals surface area contributed by atoms with Crippen molar-refractivity contribution in [3.8, 4) is 0 Å². The van der Waals surface area contributed by atoms with Crippen molar-refractivity contribution in [1.29, 1.82) is 0 Å². The molecule has 0 aliphatic carbocycles. The summed E-state index contributed by atoms with van der Waals surface area (Å²) < 4.78 is 51.4. The SMILES string of the molecule is O=P(O)(OC[C@H]1O[C@@H]([n+]2c[nH]c3c4nccn4cnc32)[C@H](O)[C@@H]1O)OP(=O)(O)OC[C@H]1OC[C@H](O)[C@@H]1O. The zero-order valence-corrected chi connectivity index (χ0v) is 20.5. The van der Waals surface area contributed by atoms with Crippen molar-refractivity contribution >= 4 is 32.5 Å². The summed E-state index contributed by atoms with van der Waals surface area (Å²) in [4.78, 5) is 31.1. The molecule has 204 valence electrons. The quantitative estimate of drug-likeness (QED) is 0.104. The molecule has 0 saturated carbocycles. The molecule has 0 aromatic carbocycles. The molecule has 2 unspecified atom stereocenters. The monoisotopic (exact) mass is 568 g/mol. The van der Waals surface area contributed by atoms with E-state index < -0.39 is 71.7 Å². The third kappa shape index (κ3) is 5.35. The van der Waals surface area contributed by atoms with Crippen LogP contribution in [0.5, 0.6) is 0 Å². The first-order valence-corrected chi connectivity index (χ1v) is 13.8. The van der Waals surface area contributed by atoms with Crippen LogP contribution >= 0.6 is 15.6 Å². The van der Waals surface area contributed by atoms with Crippen LogP contribution in [0.25, 0.3) is 16.8 Å². The Morgan fingerprint density at radius 1 is 1.05 bits per heavy atom. The number of aliphatic hydroxyl groups excluding tert-OH is 4. The predicted octanol–water partition coefficient (Wildman–Crippen LogP) is -2.51. The van der Waals surface area contributed by atoms with E-state index in [0.29, 0.717) is 16.8 Å². The molecule has 18 nitrogen and oxygen atoms in total. The van der Waals surface area contributed by atoms with Gasteiger partial charge in [-0.1, -0.05) is 4.98 Å². The van der Waals surface area contributed by atoms with Crippen LogP contribution in [0.2, 0.25) is 0 Å². The molecular weight excluding hydrogens is 544 g/mol. The highest BCUT2D eigenvalue weighted by Crippen LogP contribution is 2.60. The maximum atomic E-state index is 12.2. The number of hydrogen-bond donors (Lipinski definition) is 7. The minimum Gasteiger partial charge on any atom is -0.388 e. The lowest BCUT2D eigenvalue weighted by atomic mass is 10.1. The summed E-state index contributed by atoms with van der Waals surface area (Å²) in [5, 5.41) is 40.0. The number of aromatic amines is 1. The van der Waals surface area contributed by atoms with Gasteiger partial charge in [0.1, 0.15) is 36.6 Å². The highest BCUT2D eigenvalue weighted by Gasteiger charge is 2.48. The molecule has 2 saturated heterocycles. The van der Waals surface area contributed by atoms with Gasteiger partial charge in [-0.15, -0.1) is 0 Å². The minimum absolute atomic E-state index is 0.232. The summed E-state index contributed by atoms with van der Waals surface area (Å²) >= 11 is 0. The Hall–Kier alpha value is -1.89. The molecule has 2 fully saturated rings. The molecule has 0 spiro atoms. The van der Waals surface area contributed by atoms with E-state index in [4.69, 9.17) is 14.0 Å². The number of aliphatic hydroxyl groups is 4. The van der Waals surface area contributed by atoms with Crippen molar-refractivity contribution < 1.29 is 66.7 Å². The number of hydrogen-bond acceptors (Lipinski definition) is 13. The normalized spacial score (nSPS) is 33.7. The van der Waals surface area contributed by atoms with Crippen LogP contribution in [0.4, 0.5) is 0 Å². The van der Waals surface area contributed by atoms with Gasteiger partial charge in [-0.3, -0.25) is 18.4 Å². The van der Waals surface area contributed by atoms with Crippen molar-refractivity contribution in [3.05, 3.63) is 25.0 Å². The van der Waals surface area contributed by atoms with Gasteiger partial charge in [0.05, 0.1) is 19.8 Å². The molecule has 0 bridgehead atoms. The van der Waals surface area contributed by atoms with Crippen LogP contribution in [0.1, 0.15) is 6.23 Å². The summed E-state index contributed by atoms with van der Waals surface area (Å²) in [7, 11) is -10.4. The smallest absolute Gasteiger partial charge is 0.388 e. The number of phosphoric acid groups is 2. The van der Waals surface area contributed by atoms with Gasteiger partial charge in [-0.05, 0) is 0 Å². The van der Waals surface area contributed by atoms with Crippen LogP contribution in [0.15, 0.2) is 25.0 Å². The average Bonchev–Trinajstić information content (AvgIpc) is 3.59. The number of ether oxygens (including phenoxy) is 2. The van der Waals surface area contributed by atoms with Gasteiger partial charge in [0.15, 0.2) is 18.3 Å². The van der Waals surface area contributed by atoms with Gasteiger partial charge in [-0.25, -0.2) is 18.7 Å².